The Kier molecular flexibility index (Phi) is 15.0. The van der Waals surface area contributed by atoms with Crippen molar-refractivity contribution in [3.63, 3.8) is 0 Å². The number of nitrogens with one attached hydrogen (secondary N) is 1. The monoisotopic (exact) mass is 788 g/mol. The molecule has 57 heavy (non-hydrogen) atoms. The molecule has 3 aromatic rings. The number of carbonyl (C=O) groups excluding carboxylic acids is 2. The number of nitro groups is 1. The molecule has 4 aliphatic rings. The van der Waals surface area contributed by atoms with Gasteiger partial charge < -0.3 is 34.6 Å². The Balaban J connectivity index is 0.000000169. The Morgan fingerprint density at radius 1 is 0.772 bits per heavy atom. The smallest absolute Gasteiger partial charge is 0.343 e. The summed E-state index contributed by atoms with van der Waals surface area (Å²) in [5, 5.41) is 41.5. The fourth-order valence-corrected chi connectivity index (χ4v) is 8.68. The fraction of sp³-hybridized carbons (Fsp3) is 0.523. The molecule has 2 saturated heterocycles. The van der Waals surface area contributed by atoms with Crippen LogP contribution in [0.3, 0.4) is 0 Å². The lowest BCUT2D eigenvalue weighted by molar-refractivity contribution is -0.867. The van der Waals surface area contributed by atoms with Crippen molar-refractivity contribution in [2.75, 3.05) is 40.3 Å². The molecular formula is C44H58N3O10+. The van der Waals surface area contributed by atoms with Gasteiger partial charge >= 0.3 is 17.9 Å². The molecule has 13 heteroatoms. The zero-order valence-corrected chi connectivity index (χ0v) is 33.3. The first-order valence-corrected chi connectivity index (χ1v) is 20.2. The molecule has 4 fully saturated rings. The average molecular weight is 789 g/mol. The number of nitro benzene ring substituents is 1. The van der Waals surface area contributed by atoms with Crippen LogP contribution in [0.4, 0.5) is 5.69 Å². The highest BCUT2D eigenvalue weighted by atomic mass is 16.6. The van der Waals surface area contributed by atoms with Gasteiger partial charge in [0.05, 0.1) is 24.1 Å². The largest absolute Gasteiger partial charge is 0.478 e. The number of likely N-dealkylation sites (tertiary alicyclic amines) is 2. The van der Waals surface area contributed by atoms with Crippen molar-refractivity contribution in [2.24, 2.45) is 11.8 Å². The number of ether oxygens (including phenoxy) is 2. The number of esters is 2. The number of carbonyl (C=O) groups is 3. The first-order chi connectivity index (χ1) is 27.2. The van der Waals surface area contributed by atoms with E-state index >= 15 is 0 Å². The van der Waals surface area contributed by atoms with Crippen LogP contribution in [0.5, 0.6) is 0 Å². The van der Waals surface area contributed by atoms with Gasteiger partial charge in [0.1, 0.15) is 12.6 Å². The highest BCUT2D eigenvalue weighted by Crippen LogP contribution is 2.43. The van der Waals surface area contributed by atoms with Crippen LogP contribution in [0.15, 0.2) is 78.9 Å². The third-order valence-corrected chi connectivity index (χ3v) is 11.8. The molecule has 2 heterocycles. The van der Waals surface area contributed by atoms with E-state index in [2.05, 4.69) is 11.9 Å². The Bertz CT molecular complexity index is 1690. The normalized spacial score (nSPS) is 23.2. The molecular weight excluding hydrogens is 730 g/mol. The van der Waals surface area contributed by atoms with Gasteiger partial charge in [-0.2, -0.15) is 0 Å². The quantitative estimate of drug-likeness (QED) is 0.126. The maximum Gasteiger partial charge on any atom is 0.343 e. The second-order valence-electron chi connectivity index (χ2n) is 16.2. The van der Waals surface area contributed by atoms with Gasteiger partial charge in [-0.1, -0.05) is 86.3 Å². The molecule has 308 valence electrons. The van der Waals surface area contributed by atoms with E-state index in [9.17, 15) is 34.7 Å². The van der Waals surface area contributed by atoms with Crippen LogP contribution in [0.1, 0.15) is 91.3 Å². The van der Waals surface area contributed by atoms with Gasteiger partial charge in [-0.05, 0) is 68.8 Å². The molecule has 4 N–H and O–H groups in total. The number of aryl methyl sites for hydroxylation is 1. The van der Waals surface area contributed by atoms with Gasteiger partial charge in [0.25, 0.3) is 5.69 Å². The van der Waals surface area contributed by atoms with E-state index in [0.717, 1.165) is 96.5 Å². The van der Waals surface area contributed by atoms with Crippen molar-refractivity contribution < 1.29 is 49.0 Å². The van der Waals surface area contributed by atoms with Gasteiger partial charge in [-0.25, -0.2) is 14.4 Å². The van der Waals surface area contributed by atoms with Crippen molar-refractivity contribution in [3.8, 4) is 0 Å². The fourth-order valence-electron chi connectivity index (χ4n) is 8.68. The SMILES string of the molecule is CN1CCC(OC(=O)C(O)(c2ccccc2)C2CCCC2)C1.C[NH+]1CCC(OC(=O)C(O)(c2ccccc2)C2CCCC2)C1.Cc1cc(C(=O)O)cc([N+](=O)[O-])c1. The van der Waals surface area contributed by atoms with Crippen LogP contribution in [0.25, 0.3) is 0 Å². The number of benzene rings is 3. The number of hydrogen-bond acceptors (Lipinski definition) is 10. The van der Waals surface area contributed by atoms with E-state index in [4.69, 9.17) is 14.6 Å². The van der Waals surface area contributed by atoms with Gasteiger partial charge in [-0.3, -0.25) is 10.1 Å². The van der Waals surface area contributed by atoms with Crippen molar-refractivity contribution >= 4 is 23.6 Å². The van der Waals surface area contributed by atoms with Crippen molar-refractivity contribution in [1.82, 2.24) is 4.90 Å². The standard InChI is InChI=1S/2C18H25NO3.C8H7NO4/c2*1-19-12-11-16(13-19)22-17(20)18(21,15-9-5-6-10-15)14-7-3-2-4-8-14;1-5-2-6(8(10)11)4-7(3-5)9(12)13/h2*2-4,7-8,15-16,21H,5-6,9-13H2,1H3;2-4H,1H3,(H,10,11)/p+1. The summed E-state index contributed by atoms with van der Waals surface area (Å²) in [6, 6.07) is 22.4. The Labute approximate surface area is 334 Å². The predicted molar refractivity (Wildman–Crippen MR) is 212 cm³/mol. The summed E-state index contributed by atoms with van der Waals surface area (Å²) in [5.74, 6) is -2.15. The maximum absolute atomic E-state index is 12.8. The molecule has 2 aliphatic heterocycles. The minimum absolute atomic E-state index is 0.0334. The summed E-state index contributed by atoms with van der Waals surface area (Å²) in [6.45, 7) is 5.15. The molecule has 0 aromatic heterocycles. The third kappa shape index (κ3) is 10.8. The maximum atomic E-state index is 12.8. The van der Waals surface area contributed by atoms with Crippen LogP contribution in [0.2, 0.25) is 0 Å². The molecule has 7 rings (SSSR count). The number of aliphatic hydroxyl groups is 2. The third-order valence-electron chi connectivity index (χ3n) is 11.8. The van der Waals surface area contributed by atoms with Crippen molar-refractivity contribution in [3.05, 3.63) is 111 Å². The highest BCUT2D eigenvalue weighted by molar-refractivity contribution is 5.88. The van der Waals surface area contributed by atoms with E-state index in [1.54, 1.807) is 6.92 Å². The molecule has 5 unspecified atom stereocenters. The number of nitrogens with zero attached hydrogens (tertiary/aromatic N) is 2. The second kappa shape index (κ2) is 19.6. The van der Waals surface area contributed by atoms with E-state index in [1.165, 1.54) is 17.0 Å². The zero-order valence-electron chi connectivity index (χ0n) is 33.3. The molecule has 0 spiro atoms. The van der Waals surface area contributed by atoms with Gasteiger partial charge in [0, 0.05) is 43.5 Å². The molecule has 3 aromatic carbocycles. The summed E-state index contributed by atoms with van der Waals surface area (Å²) in [6.07, 6.45) is 9.37. The summed E-state index contributed by atoms with van der Waals surface area (Å²) < 4.78 is 11.4. The molecule has 5 atom stereocenters. The van der Waals surface area contributed by atoms with Crippen LogP contribution in [-0.4, -0.2) is 95.5 Å². The summed E-state index contributed by atoms with van der Waals surface area (Å²) in [5.41, 5.74) is -1.35. The number of non-ortho nitro benzene ring substituents is 1. The van der Waals surface area contributed by atoms with E-state index in [-0.39, 0.29) is 35.3 Å². The second-order valence-corrected chi connectivity index (χ2v) is 16.2. The van der Waals surface area contributed by atoms with E-state index in [1.807, 2.05) is 67.7 Å². The topological polar surface area (TPSA) is 181 Å². The molecule has 13 nitrogen and oxygen atoms in total. The van der Waals surface area contributed by atoms with Crippen molar-refractivity contribution in [2.45, 2.75) is 94.5 Å². The molecule has 2 aliphatic carbocycles. The summed E-state index contributed by atoms with van der Waals surface area (Å²) in [7, 11) is 4.13. The Morgan fingerprint density at radius 2 is 1.26 bits per heavy atom. The predicted octanol–water partition coefficient (Wildman–Crippen LogP) is 4.81. The van der Waals surface area contributed by atoms with Crippen molar-refractivity contribution in [1.29, 1.82) is 0 Å². The molecule has 2 saturated carbocycles. The first kappa shape index (κ1) is 43.4. The van der Waals surface area contributed by atoms with E-state index in [0.29, 0.717) is 16.7 Å². The number of carboxylic acid groups (broad SMARTS) is 1. The number of carboxylic acids is 1. The minimum Gasteiger partial charge on any atom is -0.478 e. The Hall–Kier alpha value is -4.69. The highest BCUT2D eigenvalue weighted by Gasteiger charge is 2.50. The molecule has 0 radical (unpaired) electrons. The molecule has 0 bridgehead atoms. The summed E-state index contributed by atoms with van der Waals surface area (Å²) in [4.78, 5) is 49.4. The lowest BCUT2D eigenvalue weighted by Gasteiger charge is -2.33. The molecule has 0 amide bonds. The number of hydrogen-bond donors (Lipinski definition) is 4. The number of quaternary nitrogens is 1. The number of likely N-dealkylation sites (N-methyl/N-ethyl adjacent to an activating group) is 2. The van der Waals surface area contributed by atoms with Gasteiger partial charge in [-0.15, -0.1) is 0 Å². The van der Waals surface area contributed by atoms with Crippen LogP contribution < -0.4 is 4.90 Å². The van der Waals surface area contributed by atoms with Gasteiger partial charge in [0.2, 0.25) is 0 Å². The Morgan fingerprint density at radius 3 is 1.67 bits per heavy atom. The van der Waals surface area contributed by atoms with Crippen LogP contribution in [0, 0.1) is 28.9 Å². The van der Waals surface area contributed by atoms with Gasteiger partial charge in [0.15, 0.2) is 17.3 Å². The van der Waals surface area contributed by atoms with E-state index < -0.39 is 34.0 Å². The lowest BCUT2D eigenvalue weighted by atomic mass is 9.80. The number of rotatable bonds is 10. The first-order valence-electron chi connectivity index (χ1n) is 20.2. The van der Waals surface area contributed by atoms with Crippen LogP contribution >= 0.6 is 0 Å². The average Bonchev–Trinajstić information content (AvgIpc) is 4.06. The summed E-state index contributed by atoms with van der Waals surface area (Å²) >= 11 is 0. The minimum atomic E-state index is -1.50. The number of aromatic carboxylic acids is 1. The lowest BCUT2D eigenvalue weighted by Crippen LogP contribution is -3.07. The zero-order chi connectivity index (χ0) is 41.2. The van der Waals surface area contributed by atoms with Crippen LogP contribution in [-0.2, 0) is 30.3 Å².